The second-order valence-corrected chi connectivity index (χ2v) is 8.19. The Labute approximate surface area is 160 Å². The Hall–Kier alpha value is -1.65. The smallest absolute Gasteiger partial charge is 0.417 e. The highest BCUT2D eigenvalue weighted by Gasteiger charge is 2.37. The molecule has 5 nitrogen and oxygen atoms in total. The Kier molecular flexibility index (Phi) is 5.02. The molecule has 1 aliphatic rings. The first kappa shape index (κ1) is 19.1. The Balaban J connectivity index is 2.03. The van der Waals surface area contributed by atoms with E-state index in [0.717, 1.165) is 6.07 Å². The van der Waals surface area contributed by atoms with Gasteiger partial charge >= 0.3 is 6.18 Å². The van der Waals surface area contributed by atoms with Crippen molar-refractivity contribution in [2.24, 2.45) is 0 Å². The van der Waals surface area contributed by atoms with Crippen molar-refractivity contribution < 1.29 is 31.1 Å². The van der Waals surface area contributed by atoms with Crippen LogP contribution in [0.3, 0.4) is 0 Å². The summed E-state index contributed by atoms with van der Waals surface area (Å²) < 4.78 is 77.6. The summed E-state index contributed by atoms with van der Waals surface area (Å²) in [7, 11) is -4.56. The molecule has 3 rings (SSSR count). The second-order valence-electron chi connectivity index (χ2n) is 5.22. The Morgan fingerprint density at radius 1 is 1.08 bits per heavy atom. The fraction of sp³-hybridized carbons (Fsp3) is 0.200. The molecule has 0 radical (unpaired) electrons. The summed E-state index contributed by atoms with van der Waals surface area (Å²) in [6.07, 6.45) is -4.86. The number of ether oxygens (including phenoxy) is 2. The molecule has 0 amide bonds. The van der Waals surface area contributed by atoms with Crippen LogP contribution >= 0.6 is 27.5 Å². The Morgan fingerprint density at radius 3 is 2.31 bits per heavy atom. The molecule has 0 unspecified atom stereocenters. The van der Waals surface area contributed by atoms with Crippen LogP contribution in [-0.2, 0) is 16.2 Å². The van der Waals surface area contributed by atoms with Crippen LogP contribution in [0.25, 0.3) is 0 Å². The third-order valence-corrected chi connectivity index (χ3v) is 5.64. The molecule has 0 aliphatic carbocycles. The van der Waals surface area contributed by atoms with E-state index >= 15 is 0 Å². The fourth-order valence-electron chi connectivity index (χ4n) is 2.30. The van der Waals surface area contributed by atoms with Crippen LogP contribution in [0, 0.1) is 0 Å². The van der Waals surface area contributed by atoms with Gasteiger partial charge in [-0.2, -0.15) is 13.2 Å². The van der Waals surface area contributed by atoms with Crippen molar-refractivity contribution in [1.29, 1.82) is 0 Å². The van der Waals surface area contributed by atoms with Crippen molar-refractivity contribution in [3.63, 3.8) is 0 Å². The zero-order valence-corrected chi connectivity index (χ0v) is 15.9. The van der Waals surface area contributed by atoms with Gasteiger partial charge in [0.15, 0.2) is 11.5 Å². The molecule has 0 spiro atoms. The molecule has 140 valence electrons. The van der Waals surface area contributed by atoms with E-state index in [1.807, 2.05) is 0 Å². The molecular formula is C15H10BrClF3NO4S. The molecule has 1 aliphatic heterocycles. The van der Waals surface area contributed by atoms with Crippen LogP contribution in [0.5, 0.6) is 11.5 Å². The highest BCUT2D eigenvalue weighted by molar-refractivity contribution is 9.10. The minimum Gasteiger partial charge on any atom is -0.486 e. The highest BCUT2D eigenvalue weighted by atomic mass is 79.9. The molecule has 11 heteroatoms. The van der Waals surface area contributed by atoms with E-state index in [4.69, 9.17) is 21.1 Å². The highest BCUT2D eigenvalue weighted by Crippen LogP contribution is 2.40. The molecule has 2 aromatic carbocycles. The van der Waals surface area contributed by atoms with Crippen LogP contribution in [0.2, 0.25) is 5.02 Å². The van der Waals surface area contributed by atoms with Crippen molar-refractivity contribution >= 4 is 43.2 Å². The summed E-state index contributed by atoms with van der Waals surface area (Å²) in [6, 6.07) is 5.36. The summed E-state index contributed by atoms with van der Waals surface area (Å²) in [5.74, 6) is 0.564. The minimum atomic E-state index is -4.86. The van der Waals surface area contributed by atoms with E-state index < -0.39 is 26.7 Å². The van der Waals surface area contributed by atoms with E-state index in [0.29, 0.717) is 18.4 Å². The third-order valence-electron chi connectivity index (χ3n) is 3.41. The van der Waals surface area contributed by atoms with Gasteiger partial charge in [-0.25, -0.2) is 8.42 Å². The van der Waals surface area contributed by atoms with E-state index in [-0.39, 0.29) is 27.5 Å². The van der Waals surface area contributed by atoms with Crippen LogP contribution in [-0.4, -0.2) is 21.6 Å². The Bertz CT molecular complexity index is 966. The van der Waals surface area contributed by atoms with Gasteiger partial charge in [-0.05, 0) is 18.2 Å². The first-order chi connectivity index (χ1) is 12.1. The van der Waals surface area contributed by atoms with E-state index in [1.165, 1.54) is 18.2 Å². The quantitative estimate of drug-likeness (QED) is 0.704. The molecule has 26 heavy (non-hydrogen) atoms. The minimum absolute atomic E-state index is 0.0384. The number of halogens is 5. The molecule has 0 atom stereocenters. The average molecular weight is 473 g/mol. The van der Waals surface area contributed by atoms with Crippen molar-refractivity contribution in [3.05, 3.63) is 45.4 Å². The first-order valence-corrected chi connectivity index (χ1v) is 9.72. The van der Waals surface area contributed by atoms with Gasteiger partial charge in [0, 0.05) is 16.6 Å². The maximum absolute atomic E-state index is 13.2. The molecule has 1 N–H and O–H groups in total. The van der Waals surface area contributed by atoms with Crippen LogP contribution in [0.4, 0.5) is 18.9 Å². The van der Waals surface area contributed by atoms with Gasteiger partial charge in [0.25, 0.3) is 10.0 Å². The number of benzene rings is 2. The van der Waals surface area contributed by atoms with Gasteiger partial charge in [-0.1, -0.05) is 27.5 Å². The lowest BCUT2D eigenvalue weighted by Crippen LogP contribution is -2.20. The topological polar surface area (TPSA) is 64.6 Å². The van der Waals surface area contributed by atoms with Crippen LogP contribution in [0.1, 0.15) is 5.56 Å². The van der Waals surface area contributed by atoms with Crippen LogP contribution < -0.4 is 14.2 Å². The van der Waals surface area contributed by atoms with E-state index in [2.05, 4.69) is 20.7 Å². The predicted molar refractivity (Wildman–Crippen MR) is 92.4 cm³/mol. The zero-order chi connectivity index (χ0) is 19.1. The number of hydrogen-bond donors (Lipinski definition) is 1. The number of sulfonamides is 1. The van der Waals surface area contributed by atoms with Crippen LogP contribution in [0.15, 0.2) is 39.7 Å². The summed E-state index contributed by atoms with van der Waals surface area (Å²) >= 11 is 8.93. The molecule has 1 heterocycles. The normalized spacial score (nSPS) is 14.2. The lowest BCUT2D eigenvalue weighted by molar-refractivity contribution is -0.139. The number of alkyl halides is 3. The monoisotopic (exact) mass is 471 g/mol. The largest absolute Gasteiger partial charge is 0.486 e. The van der Waals surface area contributed by atoms with Crippen molar-refractivity contribution in [2.45, 2.75) is 11.1 Å². The second kappa shape index (κ2) is 6.82. The molecular weight excluding hydrogens is 463 g/mol. The average Bonchev–Trinajstić information content (AvgIpc) is 2.54. The maximum Gasteiger partial charge on any atom is 0.417 e. The summed E-state index contributed by atoms with van der Waals surface area (Å²) in [4.78, 5) is -0.917. The number of rotatable bonds is 3. The van der Waals surface area contributed by atoms with Crippen molar-refractivity contribution in [1.82, 2.24) is 0 Å². The maximum atomic E-state index is 13.2. The van der Waals surface area contributed by atoms with Crippen molar-refractivity contribution in [3.8, 4) is 11.5 Å². The van der Waals surface area contributed by atoms with Gasteiger partial charge in [-0.3, -0.25) is 4.72 Å². The molecule has 2 aromatic rings. The van der Waals surface area contributed by atoms with E-state index in [9.17, 15) is 21.6 Å². The number of anilines is 1. The molecule has 0 saturated carbocycles. The lowest BCUT2D eigenvalue weighted by Gasteiger charge is -2.20. The van der Waals surface area contributed by atoms with Gasteiger partial charge in [0.05, 0.1) is 21.2 Å². The number of fused-ring (bicyclic) bond motifs is 1. The number of nitrogens with one attached hydrogen (secondary N) is 1. The standard InChI is InChI=1S/C15H10BrClF3NO4S/c16-8-1-2-14(9(5-8)15(18,19)20)26(22,23)21-11-7-13-12(6-10(11)17)24-3-4-25-13/h1-2,5-7,21H,3-4H2. The Morgan fingerprint density at radius 2 is 1.69 bits per heavy atom. The summed E-state index contributed by atoms with van der Waals surface area (Å²) in [6.45, 7) is 0.563. The SMILES string of the molecule is O=S(=O)(Nc1cc2c(cc1Cl)OCCO2)c1ccc(Br)cc1C(F)(F)F. The predicted octanol–water partition coefficient (Wildman–Crippen LogP) is 4.69. The third kappa shape index (κ3) is 3.86. The molecule has 0 fully saturated rings. The fourth-order valence-corrected chi connectivity index (χ4v) is 4.20. The number of hydrogen-bond acceptors (Lipinski definition) is 4. The van der Waals surface area contributed by atoms with Gasteiger partial charge < -0.3 is 9.47 Å². The van der Waals surface area contributed by atoms with Gasteiger partial charge in [0.2, 0.25) is 0 Å². The molecule has 0 bridgehead atoms. The lowest BCUT2D eigenvalue weighted by atomic mass is 10.2. The summed E-state index contributed by atoms with van der Waals surface area (Å²) in [5.41, 5.74) is -1.42. The first-order valence-electron chi connectivity index (χ1n) is 7.06. The summed E-state index contributed by atoms with van der Waals surface area (Å²) in [5, 5.41) is -0.0384. The van der Waals surface area contributed by atoms with Gasteiger partial charge in [0.1, 0.15) is 13.2 Å². The zero-order valence-electron chi connectivity index (χ0n) is 12.7. The molecule has 0 saturated heterocycles. The van der Waals surface area contributed by atoms with E-state index in [1.54, 1.807) is 0 Å². The van der Waals surface area contributed by atoms with Crippen molar-refractivity contribution in [2.75, 3.05) is 17.9 Å². The van der Waals surface area contributed by atoms with Gasteiger partial charge in [-0.15, -0.1) is 0 Å². The molecule has 0 aromatic heterocycles.